The van der Waals surface area contributed by atoms with Gasteiger partial charge in [0.1, 0.15) is 0 Å². The Morgan fingerprint density at radius 1 is 0.262 bits per heavy atom. The van der Waals surface area contributed by atoms with E-state index in [1.807, 2.05) is 47.7 Å². The van der Waals surface area contributed by atoms with Crippen molar-refractivity contribution < 1.29 is 0 Å². The van der Waals surface area contributed by atoms with Crippen LogP contribution in [0.5, 0.6) is 0 Å². The summed E-state index contributed by atoms with van der Waals surface area (Å²) < 4.78 is 2.52. The summed E-state index contributed by atoms with van der Waals surface area (Å²) in [6.45, 7) is 0. The molecule has 0 atom stereocenters. The number of fused-ring (bicyclic) bond motifs is 11. The van der Waals surface area contributed by atoms with Crippen molar-refractivity contribution in [3.63, 3.8) is 0 Å². The molecule has 0 aliphatic rings. The van der Waals surface area contributed by atoms with Crippen molar-refractivity contribution >= 4 is 74.7 Å². The Morgan fingerprint density at radius 2 is 0.662 bits per heavy atom. The molecule has 0 bridgehead atoms. The van der Waals surface area contributed by atoms with E-state index in [-0.39, 0.29) is 0 Å². The molecule has 3 heterocycles. The lowest BCUT2D eigenvalue weighted by atomic mass is 9.92. The quantitative estimate of drug-likeness (QED) is 0.156. The molecule has 3 aromatic heterocycles. The molecular formula is C60H36N4S. The van der Waals surface area contributed by atoms with Crippen LogP contribution >= 0.6 is 11.3 Å². The number of hydrogen-bond donors (Lipinski definition) is 0. The molecule has 5 heteroatoms. The second-order valence-electron chi connectivity index (χ2n) is 16.5. The monoisotopic (exact) mass is 844 g/mol. The molecule has 0 amide bonds. The summed E-state index contributed by atoms with van der Waals surface area (Å²) in [5.41, 5.74) is 10.4. The van der Waals surface area contributed by atoms with Crippen molar-refractivity contribution in [2.45, 2.75) is 0 Å². The molecular weight excluding hydrogens is 809 g/mol. The predicted octanol–water partition coefficient (Wildman–Crippen LogP) is 16.2. The molecule has 13 rings (SSSR count). The fraction of sp³-hybridized carbons (Fsp3) is 0. The van der Waals surface area contributed by atoms with E-state index in [0.717, 1.165) is 55.5 Å². The summed E-state index contributed by atoms with van der Waals surface area (Å²) in [6, 6.07) is 77.4. The van der Waals surface area contributed by atoms with Gasteiger partial charge in [0.2, 0.25) is 0 Å². The van der Waals surface area contributed by atoms with Crippen molar-refractivity contribution in [3.05, 3.63) is 218 Å². The van der Waals surface area contributed by atoms with Gasteiger partial charge in [-0.1, -0.05) is 200 Å². The number of pyridine rings is 1. The van der Waals surface area contributed by atoms with Crippen LogP contribution in [-0.4, -0.2) is 19.9 Å². The molecule has 4 nitrogen and oxygen atoms in total. The van der Waals surface area contributed by atoms with E-state index in [1.165, 1.54) is 58.1 Å². The number of aromatic nitrogens is 4. The van der Waals surface area contributed by atoms with Crippen molar-refractivity contribution in [2.75, 3.05) is 0 Å². The minimum Gasteiger partial charge on any atom is -0.247 e. The summed E-state index contributed by atoms with van der Waals surface area (Å²) in [4.78, 5) is 20.6. The highest BCUT2D eigenvalue weighted by Gasteiger charge is 2.19. The third kappa shape index (κ3) is 6.36. The van der Waals surface area contributed by atoms with Gasteiger partial charge in [-0.2, -0.15) is 0 Å². The van der Waals surface area contributed by atoms with Gasteiger partial charge < -0.3 is 0 Å². The van der Waals surface area contributed by atoms with Crippen molar-refractivity contribution in [1.29, 1.82) is 0 Å². The van der Waals surface area contributed by atoms with E-state index >= 15 is 0 Å². The zero-order chi connectivity index (χ0) is 42.8. The second kappa shape index (κ2) is 15.2. The van der Waals surface area contributed by atoms with Gasteiger partial charge in [-0.25, -0.2) is 19.9 Å². The molecule has 0 fully saturated rings. The normalized spacial score (nSPS) is 11.7. The molecule has 0 N–H and O–H groups in total. The summed E-state index contributed by atoms with van der Waals surface area (Å²) in [7, 11) is 0. The number of benzene rings is 10. The molecule has 65 heavy (non-hydrogen) atoms. The number of rotatable bonds is 6. The molecule has 0 aliphatic carbocycles. The predicted molar refractivity (Wildman–Crippen MR) is 273 cm³/mol. The lowest BCUT2D eigenvalue weighted by Crippen LogP contribution is -2.00. The van der Waals surface area contributed by atoms with E-state index in [1.54, 1.807) is 0 Å². The molecule has 302 valence electrons. The van der Waals surface area contributed by atoms with Gasteiger partial charge in [-0.05, 0) is 72.8 Å². The molecule has 0 saturated carbocycles. The molecule has 0 radical (unpaired) electrons. The van der Waals surface area contributed by atoms with Gasteiger partial charge in [-0.15, -0.1) is 11.3 Å². The van der Waals surface area contributed by atoms with Crippen LogP contribution in [0.2, 0.25) is 0 Å². The number of thiophene rings is 1. The Balaban J connectivity index is 0.919. The first-order chi connectivity index (χ1) is 32.2. The smallest absolute Gasteiger partial charge is 0.164 e. The fourth-order valence-electron chi connectivity index (χ4n) is 9.51. The van der Waals surface area contributed by atoms with Crippen LogP contribution in [0.1, 0.15) is 0 Å². The Morgan fingerprint density at radius 3 is 1.26 bits per heavy atom. The highest BCUT2D eigenvalue weighted by Crippen LogP contribution is 2.45. The molecule has 0 saturated heterocycles. The SMILES string of the molecule is c1ccc(-c2ccc(-c3nc(-c4ccccc4)nc(-c4ccc(-c5ccc6c(c5)nc(-c5ccc7c8ccccc8c8ccccc8c7c5)c5c7ccccc7sc65)cc4)n3)cc2)cc1. The molecule has 0 spiro atoms. The van der Waals surface area contributed by atoms with Crippen LogP contribution < -0.4 is 0 Å². The van der Waals surface area contributed by atoms with Gasteiger partial charge >= 0.3 is 0 Å². The number of nitrogens with zero attached hydrogens (tertiary/aromatic N) is 4. The van der Waals surface area contributed by atoms with Crippen LogP contribution in [0.4, 0.5) is 0 Å². The molecule has 0 aliphatic heterocycles. The Kier molecular flexibility index (Phi) is 8.68. The summed E-state index contributed by atoms with van der Waals surface area (Å²) in [6.07, 6.45) is 0. The maximum Gasteiger partial charge on any atom is 0.164 e. The maximum atomic E-state index is 5.58. The third-order valence-corrected chi connectivity index (χ3v) is 13.9. The average Bonchev–Trinajstić information content (AvgIpc) is 3.79. The standard InChI is InChI=1S/C60H36N4S/c1-3-13-37(14-4-1)38-23-27-41(28-24-38)59-62-58(40-15-5-2-6-16-40)63-60(64-59)42-29-25-39(26-30-42)43-31-34-50-53(36-43)61-56(55-51-21-11-12-22-54(51)65-57(50)55)44-32-33-49-47-19-8-7-17-45(47)46-18-9-10-20-48(46)52(49)35-44/h1-36H. The second-order valence-corrected chi connectivity index (χ2v) is 17.6. The van der Waals surface area contributed by atoms with Gasteiger partial charge in [0.25, 0.3) is 0 Å². The average molecular weight is 845 g/mol. The first kappa shape index (κ1) is 37.2. The summed E-state index contributed by atoms with van der Waals surface area (Å²) in [5, 5.41) is 11.2. The van der Waals surface area contributed by atoms with Crippen LogP contribution in [0.15, 0.2) is 218 Å². The van der Waals surface area contributed by atoms with Crippen LogP contribution in [0.25, 0.3) is 131 Å². The Bertz CT molecular complexity index is 3940. The minimum absolute atomic E-state index is 0.626. The Labute approximate surface area is 378 Å². The minimum atomic E-state index is 0.626. The fourth-order valence-corrected chi connectivity index (χ4v) is 10.7. The van der Waals surface area contributed by atoms with Gasteiger partial charge in [0.15, 0.2) is 17.5 Å². The highest BCUT2D eigenvalue weighted by atomic mass is 32.1. The first-order valence-electron chi connectivity index (χ1n) is 21.9. The molecule has 10 aromatic carbocycles. The van der Waals surface area contributed by atoms with E-state index in [4.69, 9.17) is 19.9 Å². The zero-order valence-corrected chi connectivity index (χ0v) is 35.8. The summed E-state index contributed by atoms with van der Waals surface area (Å²) >= 11 is 1.85. The maximum absolute atomic E-state index is 5.58. The topological polar surface area (TPSA) is 51.6 Å². The lowest BCUT2D eigenvalue weighted by Gasteiger charge is -2.13. The van der Waals surface area contributed by atoms with Crippen molar-refractivity contribution in [3.8, 4) is 67.7 Å². The summed E-state index contributed by atoms with van der Waals surface area (Å²) in [5.74, 6) is 1.90. The largest absolute Gasteiger partial charge is 0.247 e. The van der Waals surface area contributed by atoms with Crippen LogP contribution in [0.3, 0.4) is 0 Å². The first-order valence-corrected chi connectivity index (χ1v) is 22.7. The van der Waals surface area contributed by atoms with Crippen molar-refractivity contribution in [1.82, 2.24) is 19.9 Å². The van der Waals surface area contributed by atoms with E-state index in [9.17, 15) is 0 Å². The highest BCUT2D eigenvalue weighted by molar-refractivity contribution is 7.26. The van der Waals surface area contributed by atoms with E-state index in [0.29, 0.717) is 17.5 Å². The number of hydrogen-bond acceptors (Lipinski definition) is 5. The molecule has 13 aromatic rings. The van der Waals surface area contributed by atoms with Gasteiger partial charge in [0, 0.05) is 47.8 Å². The third-order valence-electron chi connectivity index (χ3n) is 12.7. The molecule has 0 unspecified atom stereocenters. The van der Waals surface area contributed by atoms with Crippen molar-refractivity contribution in [2.24, 2.45) is 0 Å². The van der Waals surface area contributed by atoms with Crippen LogP contribution in [-0.2, 0) is 0 Å². The van der Waals surface area contributed by atoms with Gasteiger partial charge in [-0.3, -0.25) is 0 Å². The Hall–Kier alpha value is -8.38. The van der Waals surface area contributed by atoms with Crippen LogP contribution in [0, 0.1) is 0 Å². The zero-order valence-electron chi connectivity index (χ0n) is 35.0. The van der Waals surface area contributed by atoms with Gasteiger partial charge in [0.05, 0.1) is 11.2 Å². The van der Waals surface area contributed by atoms with E-state index < -0.39 is 0 Å². The van der Waals surface area contributed by atoms with E-state index in [2.05, 4.69) is 182 Å². The lowest BCUT2D eigenvalue weighted by molar-refractivity contribution is 1.07.